The van der Waals surface area contributed by atoms with Crippen molar-refractivity contribution in [3.63, 3.8) is 0 Å². The Kier molecular flexibility index (Phi) is 5.16. The molecular formula is C23H21N5O. The number of aromatic nitrogens is 4. The second kappa shape index (κ2) is 8.06. The van der Waals surface area contributed by atoms with Crippen LogP contribution in [0.5, 0.6) is 0 Å². The van der Waals surface area contributed by atoms with Gasteiger partial charge in [-0.15, -0.1) is 0 Å². The van der Waals surface area contributed by atoms with Crippen LogP contribution in [0.1, 0.15) is 16.8 Å². The summed E-state index contributed by atoms with van der Waals surface area (Å²) >= 11 is 0. The zero-order valence-electron chi connectivity index (χ0n) is 16.3. The summed E-state index contributed by atoms with van der Waals surface area (Å²) in [7, 11) is 0. The molecule has 3 aromatic heterocycles. The van der Waals surface area contributed by atoms with Gasteiger partial charge >= 0.3 is 0 Å². The van der Waals surface area contributed by atoms with Crippen molar-refractivity contribution in [1.82, 2.24) is 19.9 Å². The molecule has 0 unspecified atom stereocenters. The minimum absolute atomic E-state index is 0.121. The molecule has 6 nitrogen and oxygen atoms in total. The van der Waals surface area contributed by atoms with Gasteiger partial charge in [0.15, 0.2) is 0 Å². The number of aromatic amines is 1. The summed E-state index contributed by atoms with van der Waals surface area (Å²) in [5, 5.41) is 3.31. The summed E-state index contributed by atoms with van der Waals surface area (Å²) < 4.78 is 0. The zero-order chi connectivity index (χ0) is 20.2. The van der Waals surface area contributed by atoms with Crippen molar-refractivity contribution >= 4 is 5.82 Å². The van der Waals surface area contributed by atoms with Crippen LogP contribution < -0.4 is 10.9 Å². The SMILES string of the molecule is Cc1nc(-c2ccc(NCc3ccc(-c4cccnc4)cc3)nc2)[nH]c(=O)c1C. The smallest absolute Gasteiger partial charge is 0.254 e. The van der Waals surface area contributed by atoms with E-state index in [1.807, 2.05) is 37.4 Å². The molecule has 2 N–H and O–H groups in total. The van der Waals surface area contributed by atoms with Crippen LogP contribution in [-0.4, -0.2) is 19.9 Å². The van der Waals surface area contributed by atoms with Gasteiger partial charge in [0.1, 0.15) is 11.6 Å². The molecule has 0 atom stereocenters. The van der Waals surface area contributed by atoms with E-state index in [0.717, 1.165) is 33.8 Å². The molecule has 1 aromatic carbocycles. The van der Waals surface area contributed by atoms with Crippen LogP contribution >= 0.6 is 0 Å². The highest BCUT2D eigenvalue weighted by molar-refractivity contribution is 5.62. The summed E-state index contributed by atoms with van der Waals surface area (Å²) in [5.41, 5.74) is 5.40. The van der Waals surface area contributed by atoms with Gasteiger partial charge in [-0.1, -0.05) is 30.3 Å². The number of H-pyrrole nitrogens is 1. The summed E-state index contributed by atoms with van der Waals surface area (Å²) in [6.07, 6.45) is 5.34. The number of hydrogen-bond acceptors (Lipinski definition) is 5. The summed E-state index contributed by atoms with van der Waals surface area (Å²) in [4.78, 5) is 27.8. The first-order valence-electron chi connectivity index (χ1n) is 9.37. The Bertz CT molecular complexity index is 1170. The molecule has 0 radical (unpaired) electrons. The van der Waals surface area contributed by atoms with Crippen LogP contribution in [0, 0.1) is 13.8 Å². The van der Waals surface area contributed by atoms with Gasteiger partial charge in [-0.25, -0.2) is 9.97 Å². The van der Waals surface area contributed by atoms with Crippen LogP contribution in [0.3, 0.4) is 0 Å². The Morgan fingerprint density at radius 1 is 0.931 bits per heavy atom. The monoisotopic (exact) mass is 383 g/mol. The predicted octanol–water partition coefficient (Wildman–Crippen LogP) is 4.12. The van der Waals surface area contributed by atoms with Gasteiger partial charge in [-0.2, -0.15) is 0 Å². The van der Waals surface area contributed by atoms with Gasteiger partial charge in [-0.05, 0) is 48.7 Å². The molecule has 6 heteroatoms. The highest BCUT2D eigenvalue weighted by Crippen LogP contribution is 2.19. The fourth-order valence-corrected chi connectivity index (χ4v) is 2.96. The minimum Gasteiger partial charge on any atom is -0.366 e. The van der Waals surface area contributed by atoms with E-state index in [-0.39, 0.29) is 5.56 Å². The molecule has 0 spiro atoms. The van der Waals surface area contributed by atoms with Gasteiger partial charge in [0.05, 0.1) is 0 Å². The van der Waals surface area contributed by atoms with E-state index in [9.17, 15) is 4.79 Å². The minimum atomic E-state index is -0.121. The predicted molar refractivity (Wildman–Crippen MR) is 115 cm³/mol. The normalized spacial score (nSPS) is 10.7. The fourth-order valence-electron chi connectivity index (χ4n) is 2.96. The Morgan fingerprint density at radius 2 is 1.72 bits per heavy atom. The number of nitrogens with zero attached hydrogens (tertiary/aromatic N) is 3. The van der Waals surface area contributed by atoms with E-state index in [4.69, 9.17) is 0 Å². The van der Waals surface area contributed by atoms with Crippen LogP contribution in [-0.2, 0) is 6.54 Å². The van der Waals surface area contributed by atoms with Crippen molar-refractivity contribution in [2.24, 2.45) is 0 Å². The molecule has 0 fully saturated rings. The van der Waals surface area contributed by atoms with Crippen molar-refractivity contribution in [2.45, 2.75) is 20.4 Å². The standard InChI is InChI=1S/C23H21N5O/c1-15-16(2)27-22(28-23(15)29)20-9-10-21(26-14-20)25-12-17-5-7-18(8-6-17)19-4-3-11-24-13-19/h3-11,13-14H,12H2,1-2H3,(H,25,26)(H,27,28,29). The lowest BCUT2D eigenvalue weighted by molar-refractivity contribution is 1.03. The first-order chi connectivity index (χ1) is 14.1. The van der Waals surface area contributed by atoms with Crippen molar-refractivity contribution in [2.75, 3.05) is 5.32 Å². The number of rotatable bonds is 5. The van der Waals surface area contributed by atoms with Gasteiger partial charge in [0.2, 0.25) is 0 Å². The van der Waals surface area contributed by atoms with Crippen molar-refractivity contribution in [3.8, 4) is 22.5 Å². The van der Waals surface area contributed by atoms with Crippen LogP contribution in [0.15, 0.2) is 71.9 Å². The maximum atomic E-state index is 11.9. The topological polar surface area (TPSA) is 83.6 Å². The average molecular weight is 383 g/mol. The molecule has 4 rings (SSSR count). The summed E-state index contributed by atoms with van der Waals surface area (Å²) in [6, 6.07) is 16.1. The maximum Gasteiger partial charge on any atom is 0.254 e. The second-order valence-corrected chi connectivity index (χ2v) is 6.85. The Labute approximate surface area is 168 Å². The quantitative estimate of drug-likeness (QED) is 0.542. The maximum absolute atomic E-state index is 11.9. The Balaban J connectivity index is 1.42. The Morgan fingerprint density at radius 3 is 2.38 bits per heavy atom. The van der Waals surface area contributed by atoms with Crippen molar-refractivity contribution < 1.29 is 0 Å². The first-order valence-corrected chi connectivity index (χ1v) is 9.37. The molecule has 0 aliphatic rings. The van der Waals surface area contributed by atoms with E-state index in [0.29, 0.717) is 17.9 Å². The van der Waals surface area contributed by atoms with Crippen molar-refractivity contribution in [3.05, 3.63) is 94.3 Å². The second-order valence-electron chi connectivity index (χ2n) is 6.85. The first kappa shape index (κ1) is 18.6. The molecule has 0 amide bonds. The third-order valence-electron chi connectivity index (χ3n) is 4.85. The number of aryl methyl sites for hydroxylation is 1. The third-order valence-corrected chi connectivity index (χ3v) is 4.85. The van der Waals surface area contributed by atoms with Crippen molar-refractivity contribution in [1.29, 1.82) is 0 Å². The van der Waals surface area contributed by atoms with Gasteiger partial charge in [0, 0.05) is 42.0 Å². The molecule has 144 valence electrons. The molecule has 0 saturated carbocycles. The zero-order valence-corrected chi connectivity index (χ0v) is 16.3. The van der Waals surface area contributed by atoms with E-state index in [1.54, 1.807) is 19.3 Å². The molecular weight excluding hydrogens is 362 g/mol. The molecule has 4 aromatic rings. The molecule has 0 saturated heterocycles. The van der Waals surface area contributed by atoms with Gasteiger partial charge in [0.25, 0.3) is 5.56 Å². The van der Waals surface area contributed by atoms with Crippen LogP contribution in [0.4, 0.5) is 5.82 Å². The molecule has 3 heterocycles. The van der Waals surface area contributed by atoms with E-state index >= 15 is 0 Å². The third kappa shape index (κ3) is 4.21. The number of hydrogen-bond donors (Lipinski definition) is 2. The number of pyridine rings is 2. The van der Waals surface area contributed by atoms with E-state index < -0.39 is 0 Å². The van der Waals surface area contributed by atoms with E-state index in [2.05, 4.69) is 49.5 Å². The average Bonchev–Trinajstić information content (AvgIpc) is 2.77. The molecule has 0 bridgehead atoms. The molecule has 0 aliphatic heterocycles. The van der Waals surface area contributed by atoms with Gasteiger partial charge < -0.3 is 10.3 Å². The highest BCUT2D eigenvalue weighted by Gasteiger charge is 2.06. The van der Waals surface area contributed by atoms with E-state index in [1.165, 1.54) is 0 Å². The summed E-state index contributed by atoms with van der Waals surface area (Å²) in [6.45, 7) is 4.26. The van der Waals surface area contributed by atoms with Crippen LogP contribution in [0.25, 0.3) is 22.5 Å². The summed E-state index contributed by atoms with van der Waals surface area (Å²) in [5.74, 6) is 1.29. The Hall–Kier alpha value is -3.80. The number of nitrogens with one attached hydrogen (secondary N) is 2. The number of anilines is 1. The highest BCUT2D eigenvalue weighted by atomic mass is 16.1. The number of benzene rings is 1. The molecule has 0 aliphatic carbocycles. The van der Waals surface area contributed by atoms with Gasteiger partial charge in [-0.3, -0.25) is 9.78 Å². The molecule has 29 heavy (non-hydrogen) atoms. The van der Waals surface area contributed by atoms with Crippen LogP contribution in [0.2, 0.25) is 0 Å². The fraction of sp³-hybridized carbons (Fsp3) is 0.130. The largest absolute Gasteiger partial charge is 0.366 e. The lowest BCUT2D eigenvalue weighted by atomic mass is 10.1. The lowest BCUT2D eigenvalue weighted by Gasteiger charge is -2.08. The lowest BCUT2D eigenvalue weighted by Crippen LogP contribution is -2.14.